The lowest BCUT2D eigenvalue weighted by Gasteiger charge is -2.17. The smallest absolute Gasteiger partial charge is 0.262 e. The van der Waals surface area contributed by atoms with Gasteiger partial charge in [0.05, 0.1) is 4.47 Å². The predicted octanol–water partition coefficient (Wildman–Crippen LogP) is 4.07. The molecule has 1 aliphatic heterocycles. The molecule has 0 saturated carbocycles. The normalized spacial score (nSPS) is 13.9. The number of ether oxygens (including phenoxy) is 1. The monoisotopic (exact) mass is 374 g/mol. The molecule has 4 nitrogen and oxygen atoms in total. The number of carbonyl (C=O) groups excluding carboxylic acids is 1. The van der Waals surface area contributed by atoms with Crippen LogP contribution in [0.5, 0.6) is 5.75 Å². The van der Waals surface area contributed by atoms with Gasteiger partial charge in [0.1, 0.15) is 5.75 Å². The highest BCUT2D eigenvalue weighted by molar-refractivity contribution is 9.10. The third kappa shape index (κ3) is 4.26. The minimum absolute atomic E-state index is 0.0174. The van der Waals surface area contributed by atoms with Crippen LogP contribution in [0, 0.1) is 0 Å². The van der Waals surface area contributed by atoms with Crippen molar-refractivity contribution >= 4 is 33.2 Å². The highest BCUT2D eigenvalue weighted by Gasteiger charge is 2.12. The van der Waals surface area contributed by atoms with Crippen molar-refractivity contribution in [2.45, 2.75) is 12.8 Å². The molecule has 2 aromatic carbocycles. The van der Waals surface area contributed by atoms with E-state index in [1.54, 1.807) is 0 Å². The van der Waals surface area contributed by atoms with Crippen LogP contribution < -0.4 is 15.0 Å². The number of rotatable bonds is 5. The Balaban J connectivity index is 1.52. The van der Waals surface area contributed by atoms with Crippen LogP contribution in [0.3, 0.4) is 0 Å². The molecule has 120 valence electrons. The molecule has 0 bridgehead atoms. The Labute approximate surface area is 144 Å². The fraction of sp³-hybridized carbons (Fsp3) is 0.278. The van der Waals surface area contributed by atoms with Crippen LogP contribution in [-0.4, -0.2) is 25.6 Å². The van der Waals surface area contributed by atoms with Gasteiger partial charge in [-0.25, -0.2) is 0 Å². The summed E-state index contributed by atoms with van der Waals surface area (Å²) in [5, 5.41) is 2.85. The molecule has 1 fully saturated rings. The maximum absolute atomic E-state index is 12.0. The van der Waals surface area contributed by atoms with E-state index in [9.17, 15) is 4.79 Å². The standard InChI is InChI=1S/C18H19BrN2O2/c19-16-5-1-2-6-17(16)23-13-18(22)20-14-7-9-15(10-8-14)21-11-3-4-12-21/h1-2,5-10H,3-4,11-13H2,(H,20,22). The van der Waals surface area contributed by atoms with Gasteiger partial charge in [-0.1, -0.05) is 12.1 Å². The van der Waals surface area contributed by atoms with Gasteiger partial charge < -0.3 is 15.0 Å². The summed E-state index contributed by atoms with van der Waals surface area (Å²) in [7, 11) is 0. The summed E-state index contributed by atoms with van der Waals surface area (Å²) in [5.74, 6) is 0.488. The Morgan fingerprint density at radius 3 is 2.48 bits per heavy atom. The summed E-state index contributed by atoms with van der Waals surface area (Å²) in [6.07, 6.45) is 2.51. The Kier molecular flexibility index (Phi) is 5.18. The van der Waals surface area contributed by atoms with Gasteiger partial charge in [0.25, 0.3) is 5.91 Å². The van der Waals surface area contributed by atoms with E-state index >= 15 is 0 Å². The van der Waals surface area contributed by atoms with E-state index in [1.807, 2.05) is 36.4 Å². The van der Waals surface area contributed by atoms with Gasteiger partial charge >= 0.3 is 0 Å². The molecule has 0 aromatic heterocycles. The molecule has 1 aliphatic rings. The number of benzene rings is 2. The molecule has 2 aromatic rings. The van der Waals surface area contributed by atoms with Gasteiger partial charge in [0.2, 0.25) is 0 Å². The number of para-hydroxylation sites is 1. The summed E-state index contributed by atoms with van der Waals surface area (Å²) in [6, 6.07) is 15.4. The van der Waals surface area contributed by atoms with E-state index in [1.165, 1.54) is 18.5 Å². The molecule has 0 atom stereocenters. The van der Waals surface area contributed by atoms with Gasteiger partial charge in [0, 0.05) is 24.5 Å². The summed E-state index contributed by atoms with van der Waals surface area (Å²) >= 11 is 3.39. The van der Waals surface area contributed by atoms with Gasteiger partial charge in [-0.2, -0.15) is 0 Å². The molecule has 5 heteroatoms. The predicted molar refractivity (Wildman–Crippen MR) is 96.2 cm³/mol. The number of hydrogen-bond donors (Lipinski definition) is 1. The van der Waals surface area contributed by atoms with Crippen LogP contribution in [0.25, 0.3) is 0 Å². The van der Waals surface area contributed by atoms with Gasteiger partial charge in [-0.15, -0.1) is 0 Å². The molecule has 1 saturated heterocycles. The first-order valence-electron chi connectivity index (χ1n) is 7.74. The summed E-state index contributed by atoms with van der Waals surface area (Å²) in [6.45, 7) is 2.22. The lowest BCUT2D eigenvalue weighted by atomic mass is 10.2. The van der Waals surface area contributed by atoms with Crippen LogP contribution in [0.1, 0.15) is 12.8 Å². The van der Waals surface area contributed by atoms with Crippen LogP contribution in [0.4, 0.5) is 11.4 Å². The molecule has 0 radical (unpaired) electrons. The number of carbonyl (C=O) groups is 1. The van der Waals surface area contributed by atoms with Gasteiger partial charge in [-0.05, 0) is 65.2 Å². The zero-order valence-electron chi connectivity index (χ0n) is 12.8. The first kappa shape index (κ1) is 15.9. The average molecular weight is 375 g/mol. The molecule has 3 rings (SSSR count). The van der Waals surface area contributed by atoms with E-state index in [0.717, 1.165) is 23.2 Å². The van der Waals surface area contributed by atoms with Crippen molar-refractivity contribution in [3.05, 3.63) is 53.0 Å². The van der Waals surface area contributed by atoms with Crippen LogP contribution >= 0.6 is 15.9 Å². The number of nitrogens with one attached hydrogen (secondary N) is 1. The van der Waals surface area contributed by atoms with E-state index in [-0.39, 0.29) is 12.5 Å². The van der Waals surface area contributed by atoms with E-state index in [2.05, 4.69) is 38.3 Å². The molecule has 1 N–H and O–H groups in total. The van der Waals surface area contributed by atoms with Gasteiger partial charge in [0.15, 0.2) is 6.61 Å². The fourth-order valence-corrected chi connectivity index (χ4v) is 3.03. The zero-order chi connectivity index (χ0) is 16.1. The molecule has 0 spiro atoms. The third-order valence-electron chi connectivity index (χ3n) is 3.82. The van der Waals surface area contributed by atoms with Crippen LogP contribution in [0.2, 0.25) is 0 Å². The molecule has 1 amide bonds. The number of amides is 1. The largest absolute Gasteiger partial charge is 0.483 e. The number of nitrogens with zero attached hydrogens (tertiary/aromatic N) is 1. The van der Waals surface area contributed by atoms with Crippen molar-refractivity contribution in [2.24, 2.45) is 0 Å². The Morgan fingerprint density at radius 2 is 1.78 bits per heavy atom. The maximum Gasteiger partial charge on any atom is 0.262 e. The zero-order valence-corrected chi connectivity index (χ0v) is 14.4. The minimum Gasteiger partial charge on any atom is -0.483 e. The van der Waals surface area contributed by atoms with E-state index in [4.69, 9.17) is 4.74 Å². The summed E-state index contributed by atoms with van der Waals surface area (Å²) in [4.78, 5) is 14.3. The van der Waals surface area contributed by atoms with Crippen molar-refractivity contribution < 1.29 is 9.53 Å². The molecule has 1 heterocycles. The third-order valence-corrected chi connectivity index (χ3v) is 4.47. The molecular weight excluding hydrogens is 356 g/mol. The molecule has 23 heavy (non-hydrogen) atoms. The minimum atomic E-state index is -0.172. The Bertz CT molecular complexity index is 667. The first-order valence-corrected chi connectivity index (χ1v) is 8.54. The van der Waals surface area contributed by atoms with Crippen molar-refractivity contribution in [1.82, 2.24) is 0 Å². The quantitative estimate of drug-likeness (QED) is 0.857. The summed E-state index contributed by atoms with van der Waals surface area (Å²) in [5.41, 5.74) is 2.00. The van der Waals surface area contributed by atoms with Crippen molar-refractivity contribution in [3.63, 3.8) is 0 Å². The number of halogens is 1. The highest BCUT2D eigenvalue weighted by Crippen LogP contribution is 2.24. The van der Waals surface area contributed by atoms with E-state index in [0.29, 0.717) is 5.75 Å². The lowest BCUT2D eigenvalue weighted by molar-refractivity contribution is -0.118. The fourth-order valence-electron chi connectivity index (χ4n) is 2.63. The van der Waals surface area contributed by atoms with Crippen molar-refractivity contribution in [1.29, 1.82) is 0 Å². The lowest BCUT2D eigenvalue weighted by Crippen LogP contribution is -2.20. The van der Waals surface area contributed by atoms with Crippen molar-refractivity contribution in [2.75, 3.05) is 29.9 Å². The molecule has 0 aliphatic carbocycles. The Hall–Kier alpha value is -2.01. The van der Waals surface area contributed by atoms with E-state index < -0.39 is 0 Å². The second-order valence-corrected chi connectivity index (χ2v) is 6.36. The average Bonchev–Trinajstić information content (AvgIpc) is 3.09. The molecular formula is C18H19BrN2O2. The number of anilines is 2. The SMILES string of the molecule is O=C(COc1ccccc1Br)Nc1ccc(N2CCCC2)cc1. The van der Waals surface area contributed by atoms with Crippen molar-refractivity contribution in [3.8, 4) is 5.75 Å². The summed E-state index contributed by atoms with van der Waals surface area (Å²) < 4.78 is 6.34. The highest BCUT2D eigenvalue weighted by atomic mass is 79.9. The van der Waals surface area contributed by atoms with Crippen LogP contribution in [0.15, 0.2) is 53.0 Å². The first-order chi connectivity index (χ1) is 11.2. The topological polar surface area (TPSA) is 41.6 Å². The van der Waals surface area contributed by atoms with Crippen LogP contribution in [-0.2, 0) is 4.79 Å². The molecule has 0 unspecified atom stereocenters. The number of hydrogen-bond acceptors (Lipinski definition) is 3. The Morgan fingerprint density at radius 1 is 1.09 bits per heavy atom. The van der Waals surface area contributed by atoms with Gasteiger partial charge in [-0.3, -0.25) is 4.79 Å². The second kappa shape index (κ2) is 7.51. The maximum atomic E-state index is 12.0. The second-order valence-electron chi connectivity index (χ2n) is 5.51.